The second-order valence-electron chi connectivity index (χ2n) is 9.21. The Bertz CT molecular complexity index is 1280. The van der Waals surface area contributed by atoms with Crippen LogP contribution in [0.5, 0.6) is 17.2 Å². The first-order chi connectivity index (χ1) is 18.6. The lowest BCUT2D eigenvalue weighted by atomic mass is 9.90. The molecule has 0 aliphatic carbocycles. The van der Waals surface area contributed by atoms with Gasteiger partial charge in [0.25, 0.3) is 5.91 Å². The number of fused-ring (bicyclic) bond motifs is 1. The summed E-state index contributed by atoms with van der Waals surface area (Å²) < 4.78 is 17.1. The quantitative estimate of drug-likeness (QED) is 0.266. The summed E-state index contributed by atoms with van der Waals surface area (Å²) in [6.07, 6.45) is 1.01. The molecule has 2 aliphatic rings. The van der Waals surface area contributed by atoms with E-state index in [1.807, 2.05) is 55.5 Å². The molecule has 2 saturated heterocycles. The first kappa shape index (κ1) is 25.6. The fourth-order valence-corrected chi connectivity index (χ4v) is 4.98. The molecule has 0 bridgehead atoms. The summed E-state index contributed by atoms with van der Waals surface area (Å²) in [5.41, 5.74) is 2.03. The fourth-order valence-electron chi connectivity index (χ4n) is 4.98. The number of unbranched alkanes of at least 4 members (excludes halogenated alkanes) is 1. The Morgan fingerprint density at radius 1 is 0.842 bits per heavy atom. The van der Waals surface area contributed by atoms with E-state index in [2.05, 4.69) is 6.92 Å². The highest BCUT2D eigenvalue weighted by atomic mass is 16.7. The number of hydrogen-bond acceptors (Lipinski definition) is 7. The Morgan fingerprint density at radius 3 is 2.29 bits per heavy atom. The molecule has 0 saturated carbocycles. The van der Waals surface area contributed by atoms with Crippen LogP contribution in [0.1, 0.15) is 38.3 Å². The lowest BCUT2D eigenvalue weighted by molar-refractivity contribution is -0.126. The molecule has 0 N–H and O–H groups in total. The maximum Gasteiger partial charge on any atom is 0.266 e. The predicted octanol–water partition coefficient (Wildman–Crippen LogP) is 5.32. The molecule has 3 aromatic carbocycles. The van der Waals surface area contributed by atoms with Gasteiger partial charge in [-0.05, 0) is 67.4 Å². The van der Waals surface area contributed by atoms with Gasteiger partial charge in [0.1, 0.15) is 11.7 Å². The van der Waals surface area contributed by atoms with E-state index < -0.39 is 18.1 Å². The van der Waals surface area contributed by atoms with Crippen LogP contribution >= 0.6 is 0 Å². The highest BCUT2D eigenvalue weighted by molar-refractivity contribution is 6.23. The van der Waals surface area contributed by atoms with Crippen LogP contribution in [-0.4, -0.2) is 38.2 Å². The average Bonchev–Trinajstić information content (AvgIpc) is 3.46. The number of para-hydroxylation sites is 1. The normalized spacial score (nSPS) is 20.6. The first-order valence-corrected chi connectivity index (χ1v) is 13.0. The number of benzene rings is 3. The molecule has 2 amide bonds. The zero-order valence-electron chi connectivity index (χ0n) is 21.8. The number of rotatable bonds is 10. The maximum absolute atomic E-state index is 13.9. The largest absolute Gasteiger partial charge is 0.494 e. The number of nitrogens with zero attached hydrogens (tertiary/aromatic N) is 2. The Morgan fingerprint density at radius 2 is 1.61 bits per heavy atom. The second-order valence-corrected chi connectivity index (χ2v) is 9.21. The van der Waals surface area contributed by atoms with Crippen molar-refractivity contribution in [2.45, 2.75) is 38.8 Å². The number of carbonyl (C=O) groups excluding carboxylic acids is 2. The number of methoxy groups -OCH3 is 1. The van der Waals surface area contributed by atoms with Crippen molar-refractivity contribution < 1.29 is 28.6 Å². The van der Waals surface area contributed by atoms with Crippen molar-refractivity contribution in [2.75, 3.05) is 30.3 Å². The molecule has 0 radical (unpaired) electrons. The van der Waals surface area contributed by atoms with E-state index >= 15 is 0 Å². The number of imide groups is 1. The molecule has 2 aliphatic heterocycles. The van der Waals surface area contributed by atoms with E-state index in [0.717, 1.165) is 24.1 Å². The van der Waals surface area contributed by atoms with Crippen molar-refractivity contribution in [3.63, 3.8) is 0 Å². The molecule has 5 rings (SSSR count). The van der Waals surface area contributed by atoms with Crippen molar-refractivity contribution in [2.24, 2.45) is 5.92 Å². The van der Waals surface area contributed by atoms with Crippen molar-refractivity contribution in [3.8, 4) is 17.2 Å². The summed E-state index contributed by atoms with van der Waals surface area (Å²) in [6.45, 7) is 5.12. The third kappa shape index (κ3) is 4.67. The minimum atomic E-state index is -0.953. The number of carbonyl (C=O) groups is 2. The molecular formula is C30H32N2O6. The number of anilines is 2. The SMILES string of the molecule is CCCCOc1ccc([C@@H]2[C@@H]3C(=O)N(c4ccc(OCC)cc4)C(=O)[C@H]3ON2c2ccccc2)cc1OC. The maximum atomic E-state index is 13.9. The monoisotopic (exact) mass is 516 g/mol. The second kappa shape index (κ2) is 11.1. The van der Waals surface area contributed by atoms with Crippen LogP contribution in [0.4, 0.5) is 11.4 Å². The van der Waals surface area contributed by atoms with Crippen molar-refractivity contribution >= 4 is 23.2 Å². The smallest absolute Gasteiger partial charge is 0.266 e. The molecule has 38 heavy (non-hydrogen) atoms. The zero-order valence-corrected chi connectivity index (χ0v) is 21.8. The van der Waals surface area contributed by atoms with Gasteiger partial charge in [0.15, 0.2) is 17.6 Å². The van der Waals surface area contributed by atoms with Crippen LogP contribution in [0, 0.1) is 5.92 Å². The third-order valence-electron chi connectivity index (χ3n) is 6.82. The highest BCUT2D eigenvalue weighted by Gasteiger charge is 2.60. The summed E-state index contributed by atoms with van der Waals surface area (Å²) in [7, 11) is 1.59. The highest BCUT2D eigenvalue weighted by Crippen LogP contribution is 2.48. The van der Waals surface area contributed by atoms with Gasteiger partial charge in [0.2, 0.25) is 5.91 Å². The Balaban J connectivity index is 1.51. The van der Waals surface area contributed by atoms with Crippen LogP contribution in [-0.2, 0) is 14.4 Å². The van der Waals surface area contributed by atoms with Gasteiger partial charge >= 0.3 is 0 Å². The summed E-state index contributed by atoms with van der Waals surface area (Å²) >= 11 is 0. The Hall–Kier alpha value is -4.04. The van der Waals surface area contributed by atoms with E-state index in [1.54, 1.807) is 36.4 Å². The van der Waals surface area contributed by atoms with Gasteiger partial charge in [-0.1, -0.05) is 37.6 Å². The minimum absolute atomic E-state index is 0.310. The van der Waals surface area contributed by atoms with Gasteiger partial charge in [-0.25, -0.2) is 9.96 Å². The van der Waals surface area contributed by atoms with Gasteiger partial charge in [0, 0.05) is 0 Å². The Labute approximate surface area is 222 Å². The molecule has 2 heterocycles. The van der Waals surface area contributed by atoms with Gasteiger partial charge in [-0.2, -0.15) is 0 Å². The van der Waals surface area contributed by atoms with Crippen LogP contribution in [0.25, 0.3) is 0 Å². The topological polar surface area (TPSA) is 77.5 Å². The standard InChI is InChI=1S/C30H32N2O6/c1-4-6-18-37-24-17-12-20(19-25(24)35-3)27-26-28(38-32(27)22-10-8-7-9-11-22)30(34)31(29(26)33)21-13-15-23(16-14-21)36-5-2/h7-17,19,26-28H,4-6,18H2,1-3H3/t26-,27+,28-/m0/s1. The van der Waals surface area contributed by atoms with Crippen LogP contribution in [0.3, 0.4) is 0 Å². The number of ether oxygens (including phenoxy) is 3. The summed E-state index contributed by atoms with van der Waals surface area (Å²) in [6, 6.07) is 21.5. The molecule has 198 valence electrons. The molecule has 8 nitrogen and oxygen atoms in total. The molecule has 8 heteroatoms. The summed E-state index contributed by atoms with van der Waals surface area (Å²) in [5, 5.41) is 1.67. The molecule has 0 spiro atoms. The molecule has 0 unspecified atom stereocenters. The van der Waals surface area contributed by atoms with Crippen molar-refractivity contribution in [1.82, 2.24) is 0 Å². The number of hydrogen-bond donors (Lipinski definition) is 0. The van der Waals surface area contributed by atoms with Gasteiger partial charge in [0.05, 0.1) is 37.7 Å². The van der Waals surface area contributed by atoms with E-state index in [4.69, 9.17) is 19.0 Å². The summed E-state index contributed by atoms with van der Waals surface area (Å²) in [5.74, 6) is 0.430. The van der Waals surface area contributed by atoms with Gasteiger partial charge in [-0.3, -0.25) is 14.4 Å². The number of amides is 2. The lowest BCUT2D eigenvalue weighted by Crippen LogP contribution is -2.37. The number of hydroxylamine groups is 1. The lowest BCUT2D eigenvalue weighted by Gasteiger charge is -2.29. The molecular weight excluding hydrogens is 484 g/mol. The van der Waals surface area contributed by atoms with Crippen molar-refractivity contribution in [3.05, 3.63) is 78.4 Å². The zero-order chi connectivity index (χ0) is 26.6. The molecule has 3 atom stereocenters. The average molecular weight is 517 g/mol. The van der Waals surface area contributed by atoms with E-state index in [0.29, 0.717) is 36.1 Å². The predicted molar refractivity (Wildman–Crippen MR) is 144 cm³/mol. The van der Waals surface area contributed by atoms with E-state index in [1.165, 1.54) is 4.90 Å². The first-order valence-electron chi connectivity index (χ1n) is 13.0. The van der Waals surface area contributed by atoms with E-state index in [-0.39, 0.29) is 11.8 Å². The van der Waals surface area contributed by atoms with Crippen LogP contribution in [0.2, 0.25) is 0 Å². The summed E-state index contributed by atoms with van der Waals surface area (Å²) in [4.78, 5) is 34.9. The van der Waals surface area contributed by atoms with E-state index in [9.17, 15) is 9.59 Å². The molecule has 3 aromatic rings. The van der Waals surface area contributed by atoms with Crippen LogP contribution in [0.15, 0.2) is 72.8 Å². The molecule has 0 aromatic heterocycles. The minimum Gasteiger partial charge on any atom is -0.494 e. The molecule has 2 fully saturated rings. The third-order valence-corrected chi connectivity index (χ3v) is 6.82. The van der Waals surface area contributed by atoms with Crippen LogP contribution < -0.4 is 24.2 Å². The van der Waals surface area contributed by atoms with Gasteiger partial charge in [-0.15, -0.1) is 0 Å². The fraction of sp³-hybridized carbons (Fsp3) is 0.333. The Kier molecular flexibility index (Phi) is 7.51. The van der Waals surface area contributed by atoms with Crippen molar-refractivity contribution in [1.29, 1.82) is 0 Å². The van der Waals surface area contributed by atoms with Gasteiger partial charge < -0.3 is 14.2 Å².